The summed E-state index contributed by atoms with van der Waals surface area (Å²) in [5.74, 6) is -0.0547. The molecule has 1 unspecified atom stereocenters. The Kier molecular flexibility index (Phi) is 8.92. The van der Waals surface area contributed by atoms with Gasteiger partial charge < -0.3 is 24.4 Å². The van der Waals surface area contributed by atoms with E-state index < -0.39 is 0 Å². The second-order valence-electron chi connectivity index (χ2n) is 7.99. The van der Waals surface area contributed by atoms with Gasteiger partial charge in [0.2, 0.25) is 5.91 Å². The van der Waals surface area contributed by atoms with Crippen LogP contribution in [-0.2, 0) is 9.53 Å². The molecule has 174 valence electrons. The van der Waals surface area contributed by atoms with Crippen molar-refractivity contribution in [3.63, 3.8) is 0 Å². The van der Waals surface area contributed by atoms with Crippen molar-refractivity contribution in [2.45, 2.75) is 25.4 Å². The molecule has 1 aromatic carbocycles. The van der Waals surface area contributed by atoms with Crippen molar-refractivity contribution >= 4 is 35.0 Å². The largest absolute Gasteiger partial charge is 0.376 e. The molecule has 1 N–H and O–H groups in total. The summed E-state index contributed by atoms with van der Waals surface area (Å²) in [6, 6.07) is 6.55. The van der Waals surface area contributed by atoms with Crippen molar-refractivity contribution in [2.75, 3.05) is 46.9 Å². The Bertz CT molecular complexity index is 928. The molecule has 3 rings (SSSR count). The zero-order valence-corrected chi connectivity index (χ0v) is 19.8. The number of halogens is 2. The fourth-order valence-electron chi connectivity index (χ4n) is 3.41. The van der Waals surface area contributed by atoms with Crippen molar-refractivity contribution in [1.29, 1.82) is 0 Å². The molecule has 0 spiro atoms. The molecule has 1 aliphatic heterocycles. The van der Waals surface area contributed by atoms with Gasteiger partial charge in [0.25, 0.3) is 5.91 Å². The summed E-state index contributed by atoms with van der Waals surface area (Å²) in [6.07, 6.45) is 1.98. The first-order valence-corrected chi connectivity index (χ1v) is 11.3. The van der Waals surface area contributed by atoms with E-state index in [9.17, 15) is 9.59 Å². The SMILES string of the molecule is CN(C)CCNC(=O)CCN(CC1CCCO1)C(=O)c1cc(-c2ccc(Cl)cc2Cl)on1. The Hall–Kier alpha value is -2.13. The topological polar surface area (TPSA) is 87.9 Å². The van der Waals surface area contributed by atoms with E-state index >= 15 is 0 Å². The van der Waals surface area contributed by atoms with Crippen LogP contribution < -0.4 is 5.32 Å². The summed E-state index contributed by atoms with van der Waals surface area (Å²) in [6.45, 7) is 2.64. The Morgan fingerprint density at radius 1 is 1.22 bits per heavy atom. The summed E-state index contributed by atoms with van der Waals surface area (Å²) in [4.78, 5) is 29.0. The third-order valence-corrected chi connectivity index (χ3v) is 5.70. The lowest BCUT2D eigenvalue weighted by Crippen LogP contribution is -2.40. The maximum Gasteiger partial charge on any atom is 0.276 e. The molecule has 8 nitrogen and oxygen atoms in total. The third kappa shape index (κ3) is 6.93. The first kappa shape index (κ1) is 24.5. The molecule has 2 heterocycles. The quantitative estimate of drug-likeness (QED) is 0.558. The smallest absolute Gasteiger partial charge is 0.276 e. The number of aromatic nitrogens is 1. The van der Waals surface area contributed by atoms with Crippen LogP contribution in [0.25, 0.3) is 11.3 Å². The van der Waals surface area contributed by atoms with Gasteiger partial charge in [0, 0.05) is 55.9 Å². The van der Waals surface area contributed by atoms with Crippen LogP contribution >= 0.6 is 23.2 Å². The van der Waals surface area contributed by atoms with E-state index in [0.717, 1.165) is 19.4 Å². The number of hydrogen-bond acceptors (Lipinski definition) is 6. The molecule has 0 saturated carbocycles. The lowest BCUT2D eigenvalue weighted by Gasteiger charge is -2.24. The number of carbonyl (C=O) groups is 2. The summed E-state index contributed by atoms with van der Waals surface area (Å²) < 4.78 is 11.1. The van der Waals surface area contributed by atoms with Gasteiger partial charge in [-0.1, -0.05) is 28.4 Å². The van der Waals surface area contributed by atoms with Crippen LogP contribution in [0, 0.1) is 0 Å². The number of nitrogens with one attached hydrogen (secondary N) is 1. The highest BCUT2D eigenvalue weighted by Crippen LogP contribution is 2.31. The molecule has 1 saturated heterocycles. The molecule has 2 amide bonds. The van der Waals surface area contributed by atoms with Crippen molar-refractivity contribution in [3.05, 3.63) is 40.0 Å². The van der Waals surface area contributed by atoms with Crippen LogP contribution in [0.1, 0.15) is 29.8 Å². The normalized spacial score (nSPS) is 15.8. The maximum absolute atomic E-state index is 13.2. The highest BCUT2D eigenvalue weighted by atomic mass is 35.5. The van der Waals surface area contributed by atoms with Crippen LogP contribution in [0.3, 0.4) is 0 Å². The standard InChI is InChI=1S/C22H28Cl2N4O4/c1-27(2)10-8-25-21(29)7-9-28(14-16-4-3-11-31-16)22(30)19-13-20(32-26-19)17-6-5-15(23)12-18(17)24/h5-6,12-13,16H,3-4,7-11,14H2,1-2H3,(H,25,29). The van der Waals surface area contributed by atoms with Gasteiger partial charge in [0.05, 0.1) is 11.1 Å². The number of likely N-dealkylation sites (N-methyl/N-ethyl adjacent to an activating group) is 1. The number of ether oxygens (including phenoxy) is 1. The molecular formula is C22H28Cl2N4O4. The van der Waals surface area contributed by atoms with Crippen molar-refractivity contribution in [3.8, 4) is 11.3 Å². The molecule has 32 heavy (non-hydrogen) atoms. The Morgan fingerprint density at radius 2 is 2.03 bits per heavy atom. The highest BCUT2D eigenvalue weighted by molar-refractivity contribution is 6.36. The Labute approximate surface area is 197 Å². The van der Waals surface area contributed by atoms with Crippen LogP contribution in [0.15, 0.2) is 28.8 Å². The zero-order chi connectivity index (χ0) is 23.1. The number of carbonyl (C=O) groups excluding carboxylic acids is 2. The number of amides is 2. The van der Waals surface area contributed by atoms with Gasteiger partial charge in [-0.3, -0.25) is 9.59 Å². The average molecular weight is 483 g/mol. The maximum atomic E-state index is 13.2. The van der Waals surface area contributed by atoms with Crippen LogP contribution in [0.5, 0.6) is 0 Å². The molecule has 1 aliphatic rings. The van der Waals surface area contributed by atoms with Crippen molar-refractivity contribution in [2.24, 2.45) is 0 Å². The zero-order valence-electron chi connectivity index (χ0n) is 18.3. The summed E-state index contributed by atoms with van der Waals surface area (Å²) >= 11 is 12.2. The van der Waals surface area contributed by atoms with E-state index in [1.807, 2.05) is 19.0 Å². The summed E-state index contributed by atoms with van der Waals surface area (Å²) in [5, 5.41) is 7.71. The molecule has 2 aromatic rings. The number of rotatable bonds is 10. The number of hydrogen-bond donors (Lipinski definition) is 1. The molecule has 1 atom stereocenters. The van der Waals surface area contributed by atoms with Crippen molar-refractivity contribution < 1.29 is 18.8 Å². The van der Waals surface area contributed by atoms with Gasteiger partial charge in [0.1, 0.15) is 0 Å². The minimum Gasteiger partial charge on any atom is -0.376 e. The average Bonchev–Trinajstić information content (AvgIpc) is 3.42. The van der Waals surface area contributed by atoms with Crippen LogP contribution in [0.4, 0.5) is 0 Å². The lowest BCUT2D eigenvalue weighted by molar-refractivity contribution is -0.121. The van der Waals surface area contributed by atoms with Gasteiger partial charge >= 0.3 is 0 Å². The monoisotopic (exact) mass is 482 g/mol. The van der Waals surface area contributed by atoms with E-state index in [-0.39, 0.29) is 36.6 Å². The van der Waals surface area contributed by atoms with E-state index in [1.165, 1.54) is 0 Å². The molecule has 1 fully saturated rings. The first-order valence-electron chi connectivity index (χ1n) is 10.6. The third-order valence-electron chi connectivity index (χ3n) is 5.15. The van der Waals surface area contributed by atoms with Crippen molar-refractivity contribution in [1.82, 2.24) is 20.3 Å². The van der Waals surface area contributed by atoms with E-state index in [4.69, 9.17) is 32.5 Å². The fourth-order valence-corrected chi connectivity index (χ4v) is 3.91. The second kappa shape index (κ2) is 11.7. The van der Waals surface area contributed by atoms with Crippen LogP contribution in [0.2, 0.25) is 10.0 Å². The van der Waals surface area contributed by atoms with E-state index in [1.54, 1.807) is 29.2 Å². The Balaban J connectivity index is 1.67. The van der Waals surface area contributed by atoms with Gasteiger partial charge in [0.15, 0.2) is 11.5 Å². The number of benzene rings is 1. The highest BCUT2D eigenvalue weighted by Gasteiger charge is 2.26. The first-order chi connectivity index (χ1) is 15.3. The molecule has 0 aliphatic carbocycles. The van der Waals surface area contributed by atoms with Crippen LogP contribution in [-0.4, -0.2) is 79.8 Å². The second-order valence-corrected chi connectivity index (χ2v) is 8.83. The Morgan fingerprint density at radius 3 is 2.72 bits per heavy atom. The van der Waals surface area contributed by atoms with Gasteiger partial charge in [-0.25, -0.2) is 0 Å². The molecule has 0 radical (unpaired) electrons. The van der Waals surface area contributed by atoms with Gasteiger partial charge in [-0.05, 0) is 45.1 Å². The molecule has 0 bridgehead atoms. The summed E-state index contributed by atoms with van der Waals surface area (Å²) in [7, 11) is 3.88. The summed E-state index contributed by atoms with van der Waals surface area (Å²) in [5.41, 5.74) is 0.741. The predicted octanol–water partition coefficient (Wildman–Crippen LogP) is 3.34. The molecular weight excluding hydrogens is 455 g/mol. The fraction of sp³-hybridized carbons (Fsp3) is 0.500. The predicted molar refractivity (Wildman–Crippen MR) is 123 cm³/mol. The molecule has 10 heteroatoms. The minimum atomic E-state index is -0.318. The van der Waals surface area contributed by atoms with E-state index in [0.29, 0.717) is 41.1 Å². The van der Waals surface area contributed by atoms with E-state index in [2.05, 4.69) is 10.5 Å². The van der Waals surface area contributed by atoms with Gasteiger partial charge in [-0.15, -0.1) is 0 Å². The number of nitrogens with zero attached hydrogens (tertiary/aromatic N) is 3. The molecule has 1 aromatic heterocycles. The minimum absolute atomic E-state index is 0.0483. The lowest BCUT2D eigenvalue weighted by atomic mass is 10.1. The van der Waals surface area contributed by atoms with Gasteiger partial charge in [-0.2, -0.15) is 0 Å².